The van der Waals surface area contributed by atoms with Gasteiger partial charge < -0.3 is 4.74 Å². The lowest BCUT2D eigenvalue weighted by Crippen LogP contribution is -2.39. The highest BCUT2D eigenvalue weighted by atomic mass is 32.2. The minimum atomic E-state index is -0.470. The summed E-state index contributed by atoms with van der Waals surface area (Å²) < 4.78 is 7.22. The van der Waals surface area contributed by atoms with Crippen LogP contribution in [0.3, 0.4) is 0 Å². The zero-order chi connectivity index (χ0) is 14.5. The summed E-state index contributed by atoms with van der Waals surface area (Å²) in [4.78, 5) is 22.9. The van der Waals surface area contributed by atoms with Crippen LogP contribution in [0.4, 0.5) is 0 Å². The molecule has 1 amide bonds. The molecule has 20 heavy (non-hydrogen) atoms. The van der Waals surface area contributed by atoms with Crippen molar-refractivity contribution in [3.05, 3.63) is 10.5 Å². The molecule has 9 heteroatoms. The predicted octanol–water partition coefficient (Wildman–Crippen LogP) is -0.389. The normalized spacial score (nSPS) is 22.1. The van der Waals surface area contributed by atoms with E-state index in [2.05, 4.69) is 15.6 Å². The minimum absolute atomic E-state index is 0.0239. The molecule has 2 heterocycles. The van der Waals surface area contributed by atoms with Crippen LogP contribution in [0.1, 0.15) is 26.2 Å². The van der Waals surface area contributed by atoms with Crippen molar-refractivity contribution in [3.8, 4) is 0 Å². The van der Waals surface area contributed by atoms with Crippen LogP contribution in [0.5, 0.6) is 0 Å². The molecule has 0 spiro atoms. The number of nitrogens with one attached hydrogen (secondary N) is 2. The molecule has 0 saturated carbocycles. The van der Waals surface area contributed by atoms with E-state index in [4.69, 9.17) is 10.6 Å². The summed E-state index contributed by atoms with van der Waals surface area (Å²) in [5, 5.41) is 7.11. The first kappa shape index (κ1) is 15.1. The zero-order valence-electron chi connectivity index (χ0n) is 11.3. The monoisotopic (exact) mass is 301 g/mol. The third kappa shape index (κ3) is 3.41. The molecule has 1 aromatic rings. The van der Waals surface area contributed by atoms with Crippen molar-refractivity contribution in [1.82, 2.24) is 20.2 Å². The van der Waals surface area contributed by atoms with E-state index in [0.717, 1.165) is 12.8 Å². The SMILES string of the molecule is CCCn1c(SCC2CCC(C(=O)NN)O2)n[nH]c1=O. The molecule has 1 aliphatic rings. The molecule has 112 valence electrons. The molecule has 2 atom stereocenters. The first-order valence-corrected chi connectivity index (χ1v) is 7.58. The number of hydrazine groups is 1. The smallest absolute Gasteiger partial charge is 0.343 e. The summed E-state index contributed by atoms with van der Waals surface area (Å²) in [5.74, 6) is 5.44. The van der Waals surface area contributed by atoms with E-state index in [0.29, 0.717) is 23.9 Å². The molecular weight excluding hydrogens is 282 g/mol. The topological polar surface area (TPSA) is 115 Å². The standard InChI is InChI=1S/C11H19N5O3S/c1-2-5-16-10(18)14-15-11(16)20-6-7-3-4-8(19-7)9(17)13-12/h7-8H,2-6,12H2,1H3,(H,13,17)(H,14,18). The summed E-state index contributed by atoms with van der Waals surface area (Å²) in [6.07, 6.45) is 1.84. The van der Waals surface area contributed by atoms with Crippen molar-refractivity contribution in [1.29, 1.82) is 0 Å². The number of thioether (sulfide) groups is 1. The summed E-state index contributed by atoms with van der Waals surface area (Å²) in [6.45, 7) is 2.64. The molecule has 8 nitrogen and oxygen atoms in total. The van der Waals surface area contributed by atoms with Gasteiger partial charge in [-0.3, -0.25) is 14.8 Å². The molecule has 1 saturated heterocycles. The fourth-order valence-corrected chi connectivity index (χ4v) is 3.14. The number of aromatic nitrogens is 3. The Hall–Kier alpha value is -1.32. The molecule has 0 aromatic carbocycles. The Balaban J connectivity index is 1.87. The van der Waals surface area contributed by atoms with E-state index < -0.39 is 6.10 Å². The maximum absolute atomic E-state index is 11.5. The molecule has 0 bridgehead atoms. The highest BCUT2D eigenvalue weighted by Gasteiger charge is 2.30. The van der Waals surface area contributed by atoms with Crippen LogP contribution < -0.4 is 17.0 Å². The summed E-state index contributed by atoms with van der Waals surface area (Å²) in [7, 11) is 0. The highest BCUT2D eigenvalue weighted by molar-refractivity contribution is 7.99. The molecular formula is C11H19N5O3S. The van der Waals surface area contributed by atoms with Gasteiger partial charge in [0.2, 0.25) is 0 Å². The second-order valence-corrected chi connectivity index (χ2v) is 5.59. The van der Waals surface area contributed by atoms with E-state index in [-0.39, 0.29) is 17.7 Å². The number of ether oxygens (including phenoxy) is 1. The molecule has 4 N–H and O–H groups in total. The summed E-state index contributed by atoms with van der Waals surface area (Å²) >= 11 is 1.46. The van der Waals surface area contributed by atoms with Gasteiger partial charge in [0.15, 0.2) is 5.16 Å². The van der Waals surface area contributed by atoms with E-state index in [1.807, 2.05) is 6.92 Å². The quantitative estimate of drug-likeness (QED) is 0.285. The fourth-order valence-electron chi connectivity index (χ4n) is 2.12. The molecule has 2 rings (SSSR count). The second kappa shape index (κ2) is 6.91. The van der Waals surface area contributed by atoms with E-state index in [1.165, 1.54) is 11.8 Å². The van der Waals surface area contributed by atoms with Crippen LogP contribution in [0, 0.1) is 0 Å². The van der Waals surface area contributed by atoms with Crippen LogP contribution in [0.25, 0.3) is 0 Å². The zero-order valence-corrected chi connectivity index (χ0v) is 12.1. The van der Waals surface area contributed by atoms with Gasteiger partial charge in [-0.05, 0) is 19.3 Å². The van der Waals surface area contributed by atoms with Crippen molar-refractivity contribution in [2.75, 3.05) is 5.75 Å². The number of H-pyrrole nitrogens is 1. The maximum atomic E-state index is 11.5. The van der Waals surface area contributed by atoms with Gasteiger partial charge in [0, 0.05) is 12.3 Å². The number of nitrogens with two attached hydrogens (primary N) is 1. The van der Waals surface area contributed by atoms with Gasteiger partial charge in [-0.2, -0.15) is 0 Å². The van der Waals surface area contributed by atoms with Crippen molar-refractivity contribution < 1.29 is 9.53 Å². The number of carbonyl (C=O) groups is 1. The molecule has 1 aromatic heterocycles. The Labute approximate surface area is 120 Å². The highest BCUT2D eigenvalue weighted by Crippen LogP contribution is 2.25. The Kier molecular flexibility index (Phi) is 5.21. The number of hydrogen-bond donors (Lipinski definition) is 3. The number of rotatable bonds is 6. The lowest BCUT2D eigenvalue weighted by Gasteiger charge is -2.12. The van der Waals surface area contributed by atoms with Crippen molar-refractivity contribution in [3.63, 3.8) is 0 Å². The van der Waals surface area contributed by atoms with Gasteiger partial charge in [0.05, 0.1) is 6.10 Å². The average molecular weight is 301 g/mol. The molecule has 1 aliphatic heterocycles. The Morgan fingerprint density at radius 2 is 2.45 bits per heavy atom. The molecule has 2 unspecified atom stereocenters. The van der Waals surface area contributed by atoms with Crippen LogP contribution in [-0.4, -0.2) is 38.6 Å². The number of carbonyl (C=O) groups excluding carboxylic acids is 1. The van der Waals surface area contributed by atoms with Crippen molar-refractivity contribution >= 4 is 17.7 Å². The fraction of sp³-hybridized carbons (Fsp3) is 0.727. The van der Waals surface area contributed by atoms with Crippen LogP contribution >= 0.6 is 11.8 Å². The van der Waals surface area contributed by atoms with Gasteiger partial charge in [-0.15, -0.1) is 5.10 Å². The average Bonchev–Trinajstić information content (AvgIpc) is 3.05. The third-order valence-electron chi connectivity index (χ3n) is 3.11. The van der Waals surface area contributed by atoms with E-state index in [1.54, 1.807) is 4.57 Å². The van der Waals surface area contributed by atoms with Crippen LogP contribution in [0.2, 0.25) is 0 Å². The van der Waals surface area contributed by atoms with Gasteiger partial charge in [0.1, 0.15) is 6.10 Å². The number of aromatic amines is 1. The third-order valence-corrected chi connectivity index (χ3v) is 4.22. The predicted molar refractivity (Wildman–Crippen MR) is 74.1 cm³/mol. The Morgan fingerprint density at radius 1 is 1.65 bits per heavy atom. The van der Waals surface area contributed by atoms with Crippen LogP contribution in [-0.2, 0) is 16.1 Å². The second-order valence-electron chi connectivity index (χ2n) is 4.61. The summed E-state index contributed by atoms with van der Waals surface area (Å²) in [6, 6.07) is 0. The number of amides is 1. The van der Waals surface area contributed by atoms with Gasteiger partial charge in [0.25, 0.3) is 5.91 Å². The number of nitrogens with zero attached hydrogens (tertiary/aromatic N) is 2. The first-order valence-electron chi connectivity index (χ1n) is 6.59. The van der Waals surface area contributed by atoms with Crippen molar-refractivity contribution in [2.45, 2.75) is 50.1 Å². The molecule has 0 aliphatic carbocycles. The molecule has 0 radical (unpaired) electrons. The Bertz CT molecular complexity index is 514. The summed E-state index contributed by atoms with van der Waals surface area (Å²) in [5.41, 5.74) is 1.90. The van der Waals surface area contributed by atoms with Crippen molar-refractivity contribution in [2.24, 2.45) is 5.84 Å². The number of hydrogen-bond acceptors (Lipinski definition) is 6. The first-order chi connectivity index (χ1) is 9.65. The minimum Gasteiger partial charge on any atom is -0.364 e. The lowest BCUT2D eigenvalue weighted by atomic mass is 10.2. The van der Waals surface area contributed by atoms with E-state index >= 15 is 0 Å². The molecule has 1 fully saturated rings. The van der Waals surface area contributed by atoms with Gasteiger partial charge in [-0.1, -0.05) is 18.7 Å². The van der Waals surface area contributed by atoms with E-state index in [9.17, 15) is 9.59 Å². The maximum Gasteiger partial charge on any atom is 0.343 e. The van der Waals surface area contributed by atoms with Gasteiger partial charge >= 0.3 is 5.69 Å². The Morgan fingerprint density at radius 3 is 3.15 bits per heavy atom. The van der Waals surface area contributed by atoms with Gasteiger partial charge in [-0.25, -0.2) is 15.7 Å². The van der Waals surface area contributed by atoms with Crippen LogP contribution in [0.15, 0.2) is 9.95 Å². The largest absolute Gasteiger partial charge is 0.364 e. The lowest BCUT2D eigenvalue weighted by molar-refractivity contribution is -0.131.